The summed E-state index contributed by atoms with van der Waals surface area (Å²) < 4.78 is 0.881. The maximum atomic E-state index is 4.59. The second-order valence-corrected chi connectivity index (χ2v) is 6.20. The van der Waals surface area contributed by atoms with E-state index in [4.69, 9.17) is 0 Å². The highest BCUT2D eigenvalue weighted by molar-refractivity contribution is 9.10. The van der Waals surface area contributed by atoms with Gasteiger partial charge in [-0.1, -0.05) is 0 Å². The maximum Gasteiger partial charge on any atom is 0.133 e. The van der Waals surface area contributed by atoms with E-state index in [9.17, 15) is 0 Å². The number of anilines is 1. The molecule has 0 amide bonds. The number of nitrogens with zero attached hydrogens (tertiary/aromatic N) is 4. The lowest BCUT2D eigenvalue weighted by Gasteiger charge is -2.43. The molecule has 18 heavy (non-hydrogen) atoms. The van der Waals surface area contributed by atoms with E-state index in [1.54, 1.807) is 0 Å². The number of halogens is 1. The lowest BCUT2D eigenvalue weighted by molar-refractivity contribution is 0.202. The molecular weight excluding hydrogens is 292 g/mol. The van der Waals surface area contributed by atoms with E-state index < -0.39 is 0 Å². The molecule has 0 spiro atoms. The van der Waals surface area contributed by atoms with Crippen molar-refractivity contribution >= 4 is 21.7 Å². The fourth-order valence-electron chi connectivity index (χ4n) is 3.17. The SMILES string of the molecule is Cc1nc(Br)cc(N2CC3CCCN3CC2C)n1. The molecule has 5 heteroatoms. The van der Waals surface area contributed by atoms with Crippen LogP contribution < -0.4 is 4.90 Å². The Morgan fingerprint density at radius 2 is 2.17 bits per heavy atom. The highest BCUT2D eigenvalue weighted by Gasteiger charge is 2.34. The van der Waals surface area contributed by atoms with Gasteiger partial charge in [0.1, 0.15) is 16.2 Å². The summed E-state index contributed by atoms with van der Waals surface area (Å²) in [5.41, 5.74) is 0. The first-order valence-corrected chi connectivity index (χ1v) is 7.44. The highest BCUT2D eigenvalue weighted by atomic mass is 79.9. The van der Waals surface area contributed by atoms with Gasteiger partial charge in [-0.25, -0.2) is 9.97 Å². The van der Waals surface area contributed by atoms with Crippen molar-refractivity contribution in [2.75, 3.05) is 24.5 Å². The molecule has 0 aromatic carbocycles. The lowest BCUT2D eigenvalue weighted by Crippen LogP contribution is -2.55. The minimum atomic E-state index is 0.528. The number of fused-ring (bicyclic) bond motifs is 1. The minimum Gasteiger partial charge on any atom is -0.351 e. The molecule has 98 valence electrons. The van der Waals surface area contributed by atoms with Crippen LogP contribution in [-0.2, 0) is 0 Å². The van der Waals surface area contributed by atoms with Crippen molar-refractivity contribution < 1.29 is 0 Å². The van der Waals surface area contributed by atoms with Crippen LogP contribution in [0.2, 0.25) is 0 Å². The Hall–Kier alpha value is -0.680. The maximum absolute atomic E-state index is 4.59. The number of hydrogen-bond acceptors (Lipinski definition) is 4. The molecule has 2 atom stereocenters. The number of piperazine rings is 1. The first kappa shape index (κ1) is 12.4. The van der Waals surface area contributed by atoms with Gasteiger partial charge in [-0.3, -0.25) is 4.90 Å². The molecule has 2 unspecified atom stereocenters. The molecular formula is C13H19BrN4. The molecule has 0 bridgehead atoms. The quantitative estimate of drug-likeness (QED) is 0.745. The fourth-order valence-corrected chi connectivity index (χ4v) is 3.63. The normalized spacial score (nSPS) is 28.5. The van der Waals surface area contributed by atoms with Gasteiger partial charge < -0.3 is 4.90 Å². The van der Waals surface area contributed by atoms with Crippen LogP contribution in [0.1, 0.15) is 25.6 Å². The Bertz CT molecular complexity index is 430. The first-order chi connectivity index (χ1) is 8.63. The van der Waals surface area contributed by atoms with Crippen LogP contribution in [-0.4, -0.2) is 46.6 Å². The van der Waals surface area contributed by atoms with Gasteiger partial charge in [0, 0.05) is 31.2 Å². The standard InChI is InChI=1S/C13H19BrN4/c1-9-7-17-5-3-4-11(17)8-18(9)13-6-12(14)15-10(2)16-13/h6,9,11H,3-5,7-8H2,1-2H3. The summed E-state index contributed by atoms with van der Waals surface area (Å²) in [6.45, 7) is 7.77. The van der Waals surface area contributed by atoms with Crippen molar-refractivity contribution in [1.82, 2.24) is 14.9 Å². The van der Waals surface area contributed by atoms with E-state index in [-0.39, 0.29) is 0 Å². The van der Waals surface area contributed by atoms with Crippen LogP contribution in [0.25, 0.3) is 0 Å². The molecule has 0 N–H and O–H groups in total. The van der Waals surface area contributed by atoms with Crippen LogP contribution in [0.5, 0.6) is 0 Å². The van der Waals surface area contributed by atoms with Gasteiger partial charge in [0.2, 0.25) is 0 Å². The van der Waals surface area contributed by atoms with Gasteiger partial charge in [0.25, 0.3) is 0 Å². The highest BCUT2D eigenvalue weighted by Crippen LogP contribution is 2.28. The Balaban J connectivity index is 1.86. The van der Waals surface area contributed by atoms with Gasteiger partial charge in [0.05, 0.1) is 0 Å². The summed E-state index contributed by atoms with van der Waals surface area (Å²) in [7, 11) is 0. The molecule has 0 aliphatic carbocycles. The zero-order valence-corrected chi connectivity index (χ0v) is 12.5. The van der Waals surface area contributed by atoms with Crippen molar-refractivity contribution in [3.05, 3.63) is 16.5 Å². The molecule has 0 radical (unpaired) electrons. The van der Waals surface area contributed by atoms with Crippen molar-refractivity contribution in [2.24, 2.45) is 0 Å². The summed E-state index contributed by atoms with van der Waals surface area (Å²) in [6, 6.07) is 3.28. The van der Waals surface area contributed by atoms with E-state index in [1.807, 2.05) is 13.0 Å². The molecule has 2 fully saturated rings. The first-order valence-electron chi connectivity index (χ1n) is 6.65. The van der Waals surface area contributed by atoms with Crippen LogP contribution in [0.15, 0.2) is 10.7 Å². The van der Waals surface area contributed by atoms with Crippen LogP contribution >= 0.6 is 15.9 Å². The van der Waals surface area contributed by atoms with Crippen LogP contribution in [0, 0.1) is 6.92 Å². The third-order valence-corrected chi connectivity index (χ3v) is 4.43. The summed E-state index contributed by atoms with van der Waals surface area (Å²) in [5.74, 6) is 1.90. The molecule has 4 nitrogen and oxygen atoms in total. The Morgan fingerprint density at radius 1 is 1.33 bits per heavy atom. The van der Waals surface area contributed by atoms with Crippen LogP contribution in [0.4, 0.5) is 5.82 Å². The summed E-state index contributed by atoms with van der Waals surface area (Å²) in [6.07, 6.45) is 2.67. The van der Waals surface area contributed by atoms with Gasteiger partial charge in [0.15, 0.2) is 0 Å². The average Bonchev–Trinajstić information content (AvgIpc) is 2.73. The van der Waals surface area contributed by atoms with Gasteiger partial charge in [-0.15, -0.1) is 0 Å². The lowest BCUT2D eigenvalue weighted by atomic mass is 10.1. The predicted molar refractivity (Wildman–Crippen MR) is 75.9 cm³/mol. The molecule has 3 rings (SSSR count). The summed E-state index contributed by atoms with van der Waals surface area (Å²) in [5, 5.41) is 0. The molecule has 1 aromatic rings. The predicted octanol–water partition coefficient (Wildman–Crippen LogP) is 2.22. The Kier molecular flexibility index (Phi) is 3.28. The van der Waals surface area contributed by atoms with E-state index in [0.29, 0.717) is 6.04 Å². The van der Waals surface area contributed by atoms with Crippen molar-refractivity contribution in [1.29, 1.82) is 0 Å². The minimum absolute atomic E-state index is 0.528. The topological polar surface area (TPSA) is 32.3 Å². The van der Waals surface area contributed by atoms with E-state index in [0.717, 1.165) is 35.4 Å². The van der Waals surface area contributed by atoms with E-state index in [2.05, 4.69) is 42.6 Å². The Morgan fingerprint density at radius 3 is 2.94 bits per heavy atom. The second kappa shape index (κ2) is 4.78. The average molecular weight is 311 g/mol. The fraction of sp³-hybridized carbons (Fsp3) is 0.692. The monoisotopic (exact) mass is 310 g/mol. The number of rotatable bonds is 1. The largest absolute Gasteiger partial charge is 0.351 e. The smallest absolute Gasteiger partial charge is 0.133 e. The third kappa shape index (κ3) is 2.26. The molecule has 2 aliphatic heterocycles. The zero-order valence-electron chi connectivity index (χ0n) is 10.9. The molecule has 2 saturated heterocycles. The van der Waals surface area contributed by atoms with E-state index in [1.165, 1.54) is 19.4 Å². The van der Waals surface area contributed by atoms with Gasteiger partial charge in [-0.05, 0) is 49.2 Å². The van der Waals surface area contributed by atoms with Gasteiger partial charge >= 0.3 is 0 Å². The number of aromatic nitrogens is 2. The second-order valence-electron chi connectivity index (χ2n) is 5.39. The van der Waals surface area contributed by atoms with Crippen molar-refractivity contribution in [2.45, 2.75) is 38.8 Å². The van der Waals surface area contributed by atoms with Gasteiger partial charge in [-0.2, -0.15) is 0 Å². The molecule has 0 saturated carbocycles. The summed E-state index contributed by atoms with van der Waals surface area (Å²) >= 11 is 3.47. The van der Waals surface area contributed by atoms with Crippen molar-refractivity contribution in [3.63, 3.8) is 0 Å². The molecule has 3 heterocycles. The Labute approximate surface area is 117 Å². The van der Waals surface area contributed by atoms with Crippen LogP contribution in [0.3, 0.4) is 0 Å². The van der Waals surface area contributed by atoms with Crippen molar-refractivity contribution in [3.8, 4) is 0 Å². The molecule has 1 aromatic heterocycles. The third-order valence-electron chi connectivity index (χ3n) is 4.02. The zero-order chi connectivity index (χ0) is 12.7. The molecule has 2 aliphatic rings. The number of hydrogen-bond donors (Lipinski definition) is 0. The summed E-state index contributed by atoms with van der Waals surface area (Å²) in [4.78, 5) is 13.9. The number of aryl methyl sites for hydroxylation is 1. The van der Waals surface area contributed by atoms with E-state index >= 15 is 0 Å².